The smallest absolute Gasteiger partial charge is 0.00433 e. The van der Waals surface area contributed by atoms with Gasteiger partial charge < -0.3 is 5.32 Å². The van der Waals surface area contributed by atoms with Gasteiger partial charge in [0.2, 0.25) is 0 Å². The molecule has 0 saturated heterocycles. The number of nitrogens with one attached hydrogen (secondary N) is 1. The minimum Gasteiger partial charge on any atom is -0.317 e. The van der Waals surface area contributed by atoms with Crippen LogP contribution in [0.3, 0.4) is 0 Å². The highest BCUT2D eigenvalue weighted by Crippen LogP contribution is 2.21. The number of benzene rings is 1. The molecule has 0 spiro atoms. The molecule has 1 unspecified atom stereocenters. The molecular weight excluding hydrogens is 182 g/mol. The molecule has 1 heteroatoms. The van der Waals surface area contributed by atoms with E-state index in [-0.39, 0.29) is 0 Å². The quantitative estimate of drug-likeness (QED) is 0.726. The molecule has 0 aliphatic carbocycles. The van der Waals surface area contributed by atoms with Gasteiger partial charge in [0.25, 0.3) is 0 Å². The van der Waals surface area contributed by atoms with Crippen LogP contribution in [0.25, 0.3) is 0 Å². The molecule has 0 radical (unpaired) electrons. The van der Waals surface area contributed by atoms with Gasteiger partial charge in [-0.1, -0.05) is 43.2 Å². The highest BCUT2D eigenvalue weighted by Gasteiger charge is 2.05. The first-order valence-electron chi connectivity index (χ1n) is 5.92. The van der Waals surface area contributed by atoms with Crippen molar-refractivity contribution in [3.05, 3.63) is 34.9 Å². The van der Waals surface area contributed by atoms with Crippen molar-refractivity contribution >= 4 is 0 Å². The zero-order chi connectivity index (χ0) is 11.3. The lowest BCUT2D eigenvalue weighted by Crippen LogP contribution is -2.16. The lowest BCUT2D eigenvalue weighted by atomic mass is 9.94. The predicted molar refractivity (Wildman–Crippen MR) is 67.5 cm³/mol. The predicted octanol–water partition coefficient (Wildman–Crippen LogP) is 3.41. The van der Waals surface area contributed by atoms with E-state index in [4.69, 9.17) is 0 Å². The van der Waals surface area contributed by atoms with Crippen molar-refractivity contribution in [1.29, 1.82) is 0 Å². The summed E-state index contributed by atoms with van der Waals surface area (Å²) in [7, 11) is 0. The Morgan fingerprint density at radius 2 is 1.73 bits per heavy atom. The summed E-state index contributed by atoms with van der Waals surface area (Å²) in [5.41, 5.74) is 4.23. The van der Waals surface area contributed by atoms with E-state index in [9.17, 15) is 0 Å². The Balaban J connectivity index is 2.60. The molecule has 0 amide bonds. The molecule has 15 heavy (non-hydrogen) atoms. The molecule has 1 N–H and O–H groups in total. The van der Waals surface area contributed by atoms with Gasteiger partial charge in [0.15, 0.2) is 0 Å². The first-order valence-corrected chi connectivity index (χ1v) is 5.92. The molecule has 0 aliphatic heterocycles. The van der Waals surface area contributed by atoms with E-state index < -0.39 is 0 Å². The van der Waals surface area contributed by atoms with E-state index >= 15 is 0 Å². The van der Waals surface area contributed by atoms with Gasteiger partial charge in [-0.15, -0.1) is 0 Å². The minimum atomic E-state index is 0.655. The monoisotopic (exact) mass is 205 g/mol. The molecule has 0 fully saturated rings. The molecule has 84 valence electrons. The summed E-state index contributed by atoms with van der Waals surface area (Å²) >= 11 is 0. The molecule has 0 heterocycles. The van der Waals surface area contributed by atoms with Gasteiger partial charge in [0.1, 0.15) is 0 Å². The summed E-state index contributed by atoms with van der Waals surface area (Å²) < 4.78 is 0. The van der Waals surface area contributed by atoms with Crippen LogP contribution in [0.15, 0.2) is 18.2 Å². The third-order valence-corrected chi connectivity index (χ3v) is 2.82. The van der Waals surface area contributed by atoms with Crippen molar-refractivity contribution in [2.75, 3.05) is 13.1 Å². The third-order valence-electron chi connectivity index (χ3n) is 2.82. The zero-order valence-corrected chi connectivity index (χ0v) is 10.4. The fourth-order valence-electron chi connectivity index (χ4n) is 1.96. The summed E-state index contributed by atoms with van der Waals surface area (Å²) in [6.07, 6.45) is 1.22. The van der Waals surface area contributed by atoms with E-state index in [1.807, 2.05) is 0 Å². The highest BCUT2D eigenvalue weighted by atomic mass is 14.8. The van der Waals surface area contributed by atoms with Crippen molar-refractivity contribution in [3.8, 4) is 0 Å². The van der Waals surface area contributed by atoms with E-state index in [0.717, 1.165) is 13.1 Å². The standard InChI is InChI=1S/C14H23N/c1-5-15-7-6-13(4)14-9-11(2)8-12(3)10-14/h8-10,13,15H,5-7H2,1-4H3. The van der Waals surface area contributed by atoms with Crippen LogP contribution in [0.1, 0.15) is 42.9 Å². The maximum Gasteiger partial charge on any atom is -0.00433 e. The van der Waals surface area contributed by atoms with E-state index in [1.54, 1.807) is 0 Å². The second kappa shape index (κ2) is 5.92. The second-order valence-electron chi connectivity index (χ2n) is 4.46. The SMILES string of the molecule is CCNCCC(C)c1cc(C)cc(C)c1. The average molecular weight is 205 g/mol. The topological polar surface area (TPSA) is 12.0 Å². The number of hydrogen-bond donors (Lipinski definition) is 1. The molecule has 0 bridgehead atoms. The second-order valence-corrected chi connectivity index (χ2v) is 4.46. The Hall–Kier alpha value is -0.820. The van der Waals surface area contributed by atoms with Crippen molar-refractivity contribution in [3.63, 3.8) is 0 Å². The largest absolute Gasteiger partial charge is 0.317 e. The van der Waals surface area contributed by atoms with Crippen LogP contribution >= 0.6 is 0 Å². The lowest BCUT2D eigenvalue weighted by molar-refractivity contribution is 0.608. The maximum absolute atomic E-state index is 3.38. The Kier molecular flexibility index (Phi) is 4.83. The number of hydrogen-bond acceptors (Lipinski definition) is 1. The molecule has 1 aromatic carbocycles. The van der Waals surface area contributed by atoms with Crippen molar-refractivity contribution in [1.82, 2.24) is 5.32 Å². The van der Waals surface area contributed by atoms with Gasteiger partial charge >= 0.3 is 0 Å². The van der Waals surface area contributed by atoms with Crippen LogP contribution in [-0.2, 0) is 0 Å². The minimum absolute atomic E-state index is 0.655. The molecule has 1 aromatic rings. The molecule has 0 aromatic heterocycles. The fraction of sp³-hybridized carbons (Fsp3) is 0.571. The Labute approximate surface area is 93.9 Å². The van der Waals surface area contributed by atoms with Crippen LogP contribution in [0, 0.1) is 13.8 Å². The summed E-state index contributed by atoms with van der Waals surface area (Å²) in [6.45, 7) is 11.0. The van der Waals surface area contributed by atoms with Gasteiger partial charge in [-0.05, 0) is 44.8 Å². The highest BCUT2D eigenvalue weighted by molar-refractivity contribution is 5.30. The molecule has 0 aliphatic rings. The zero-order valence-electron chi connectivity index (χ0n) is 10.4. The van der Waals surface area contributed by atoms with Gasteiger partial charge in [-0.25, -0.2) is 0 Å². The van der Waals surface area contributed by atoms with Crippen molar-refractivity contribution < 1.29 is 0 Å². The number of aryl methyl sites for hydroxylation is 2. The van der Waals surface area contributed by atoms with Gasteiger partial charge in [-0.3, -0.25) is 0 Å². The van der Waals surface area contributed by atoms with E-state index in [1.165, 1.54) is 23.1 Å². The fourth-order valence-corrected chi connectivity index (χ4v) is 1.96. The Bertz CT molecular complexity index is 284. The lowest BCUT2D eigenvalue weighted by Gasteiger charge is -2.13. The van der Waals surface area contributed by atoms with Gasteiger partial charge in [0, 0.05) is 0 Å². The van der Waals surface area contributed by atoms with Crippen LogP contribution < -0.4 is 5.32 Å². The Morgan fingerprint density at radius 3 is 2.27 bits per heavy atom. The Morgan fingerprint density at radius 1 is 1.13 bits per heavy atom. The normalized spacial score (nSPS) is 12.8. The molecular formula is C14H23N. The molecule has 0 saturated carbocycles. The summed E-state index contributed by atoms with van der Waals surface area (Å²) in [5, 5.41) is 3.38. The first-order chi connectivity index (χ1) is 7.13. The van der Waals surface area contributed by atoms with Gasteiger partial charge in [-0.2, -0.15) is 0 Å². The first kappa shape index (κ1) is 12.3. The average Bonchev–Trinajstić information content (AvgIpc) is 2.16. The van der Waals surface area contributed by atoms with Crippen molar-refractivity contribution in [2.45, 2.75) is 40.0 Å². The van der Waals surface area contributed by atoms with Crippen LogP contribution in [0.4, 0.5) is 0 Å². The maximum atomic E-state index is 3.38. The summed E-state index contributed by atoms with van der Waals surface area (Å²) in [4.78, 5) is 0. The van der Waals surface area contributed by atoms with Gasteiger partial charge in [0.05, 0.1) is 0 Å². The molecule has 1 rings (SSSR count). The van der Waals surface area contributed by atoms with Crippen LogP contribution in [-0.4, -0.2) is 13.1 Å². The van der Waals surface area contributed by atoms with Crippen LogP contribution in [0.2, 0.25) is 0 Å². The summed E-state index contributed by atoms with van der Waals surface area (Å²) in [6, 6.07) is 6.85. The third kappa shape index (κ3) is 4.05. The number of rotatable bonds is 5. The molecule has 1 atom stereocenters. The molecule has 1 nitrogen and oxygen atoms in total. The van der Waals surface area contributed by atoms with E-state index in [2.05, 4.69) is 51.2 Å². The van der Waals surface area contributed by atoms with Crippen LogP contribution in [0.5, 0.6) is 0 Å². The van der Waals surface area contributed by atoms with Crippen molar-refractivity contribution in [2.24, 2.45) is 0 Å². The van der Waals surface area contributed by atoms with E-state index in [0.29, 0.717) is 5.92 Å². The summed E-state index contributed by atoms with van der Waals surface area (Å²) in [5.74, 6) is 0.655.